The average Bonchev–Trinajstić information content (AvgIpc) is 2.91. The highest BCUT2D eigenvalue weighted by atomic mass is 32.1. The minimum absolute atomic E-state index is 0.543. The van der Waals surface area contributed by atoms with Gasteiger partial charge in [0, 0.05) is 5.56 Å². The SMILES string of the molecule is Cc1ccc(COc2ccccc2CNn2c(C)n[nH]c2=S)cc1. The fourth-order valence-electron chi connectivity index (χ4n) is 2.36. The molecule has 0 saturated heterocycles. The fraction of sp³-hybridized carbons (Fsp3) is 0.222. The number of hydrogen-bond donors (Lipinski definition) is 2. The van der Waals surface area contributed by atoms with E-state index in [1.54, 1.807) is 4.68 Å². The molecule has 0 aliphatic rings. The van der Waals surface area contributed by atoms with Gasteiger partial charge in [0.25, 0.3) is 0 Å². The molecule has 0 saturated carbocycles. The lowest BCUT2D eigenvalue weighted by Crippen LogP contribution is -2.16. The first-order valence-corrected chi connectivity index (χ1v) is 8.18. The van der Waals surface area contributed by atoms with Gasteiger partial charge in [0.05, 0.1) is 6.54 Å². The van der Waals surface area contributed by atoms with Crippen LogP contribution in [0.4, 0.5) is 0 Å². The molecule has 1 aromatic heterocycles. The van der Waals surface area contributed by atoms with Gasteiger partial charge in [-0.3, -0.25) is 5.10 Å². The van der Waals surface area contributed by atoms with E-state index >= 15 is 0 Å². The number of aromatic nitrogens is 3. The van der Waals surface area contributed by atoms with Crippen molar-refractivity contribution in [2.75, 3.05) is 5.43 Å². The van der Waals surface area contributed by atoms with E-state index in [1.807, 2.05) is 31.2 Å². The predicted molar refractivity (Wildman–Crippen MR) is 97.2 cm³/mol. The second-order valence-electron chi connectivity index (χ2n) is 5.63. The number of benzene rings is 2. The standard InChI is InChI=1S/C18H20N4OS/c1-13-7-9-15(10-8-13)12-23-17-6-4-3-5-16(17)11-19-22-14(2)20-21-18(22)24/h3-10,19H,11-12H2,1-2H3,(H,21,24). The van der Waals surface area contributed by atoms with Crippen LogP contribution in [0.15, 0.2) is 48.5 Å². The van der Waals surface area contributed by atoms with Crippen LogP contribution >= 0.6 is 12.2 Å². The fourth-order valence-corrected chi connectivity index (χ4v) is 2.60. The summed E-state index contributed by atoms with van der Waals surface area (Å²) in [6, 6.07) is 16.4. The Kier molecular flexibility index (Phi) is 4.96. The van der Waals surface area contributed by atoms with Crippen molar-refractivity contribution >= 4 is 12.2 Å². The summed E-state index contributed by atoms with van der Waals surface area (Å²) in [5.74, 6) is 1.65. The van der Waals surface area contributed by atoms with Gasteiger partial charge in [-0.25, -0.2) is 4.68 Å². The molecule has 2 aromatic carbocycles. The van der Waals surface area contributed by atoms with Gasteiger partial charge < -0.3 is 10.2 Å². The zero-order valence-corrected chi connectivity index (χ0v) is 14.6. The van der Waals surface area contributed by atoms with E-state index in [4.69, 9.17) is 17.0 Å². The van der Waals surface area contributed by atoms with Gasteiger partial charge in [0.2, 0.25) is 4.77 Å². The highest BCUT2D eigenvalue weighted by Gasteiger charge is 2.05. The summed E-state index contributed by atoms with van der Waals surface area (Å²) in [6.45, 7) is 5.11. The normalized spacial score (nSPS) is 10.6. The molecule has 124 valence electrons. The van der Waals surface area contributed by atoms with Gasteiger partial charge in [-0.2, -0.15) is 5.10 Å². The molecule has 2 N–H and O–H groups in total. The molecule has 0 radical (unpaired) electrons. The largest absolute Gasteiger partial charge is 0.489 e. The Labute approximate surface area is 146 Å². The molecule has 3 aromatic rings. The summed E-state index contributed by atoms with van der Waals surface area (Å²) in [5.41, 5.74) is 6.72. The number of aryl methyl sites for hydroxylation is 2. The summed E-state index contributed by atoms with van der Waals surface area (Å²) in [6.07, 6.45) is 0. The summed E-state index contributed by atoms with van der Waals surface area (Å²) < 4.78 is 8.30. The molecule has 0 amide bonds. The highest BCUT2D eigenvalue weighted by molar-refractivity contribution is 7.71. The Morgan fingerprint density at radius 1 is 1.12 bits per heavy atom. The minimum Gasteiger partial charge on any atom is -0.489 e. The number of aromatic amines is 1. The number of hydrogen-bond acceptors (Lipinski definition) is 4. The molecule has 0 spiro atoms. The third-order valence-corrected chi connectivity index (χ3v) is 4.03. The third kappa shape index (κ3) is 3.83. The predicted octanol–water partition coefficient (Wildman–Crippen LogP) is 3.88. The Hall–Kier alpha value is -2.60. The van der Waals surface area contributed by atoms with Crippen LogP contribution in [0.1, 0.15) is 22.5 Å². The van der Waals surface area contributed by atoms with E-state index in [2.05, 4.69) is 46.8 Å². The van der Waals surface area contributed by atoms with Crippen molar-refractivity contribution in [1.29, 1.82) is 0 Å². The van der Waals surface area contributed by atoms with Crippen LogP contribution in [0.3, 0.4) is 0 Å². The van der Waals surface area contributed by atoms with Gasteiger partial charge in [-0.15, -0.1) is 0 Å². The highest BCUT2D eigenvalue weighted by Crippen LogP contribution is 2.19. The molecule has 1 heterocycles. The van der Waals surface area contributed by atoms with Crippen LogP contribution in [-0.2, 0) is 13.2 Å². The lowest BCUT2D eigenvalue weighted by atomic mass is 10.1. The van der Waals surface area contributed by atoms with Crippen LogP contribution in [0, 0.1) is 18.6 Å². The number of para-hydroxylation sites is 1. The summed E-state index contributed by atoms with van der Waals surface area (Å²) in [5, 5.41) is 6.85. The number of nitrogens with zero attached hydrogens (tertiary/aromatic N) is 2. The molecule has 0 bridgehead atoms. The number of rotatable bonds is 6. The van der Waals surface area contributed by atoms with E-state index in [0.29, 0.717) is 17.9 Å². The number of ether oxygens (including phenoxy) is 1. The van der Waals surface area contributed by atoms with E-state index in [1.165, 1.54) is 5.56 Å². The van der Waals surface area contributed by atoms with Crippen LogP contribution in [0.2, 0.25) is 0 Å². The summed E-state index contributed by atoms with van der Waals surface area (Å²) >= 11 is 5.20. The molecule has 24 heavy (non-hydrogen) atoms. The first-order valence-electron chi connectivity index (χ1n) is 7.77. The summed E-state index contributed by atoms with van der Waals surface area (Å²) in [4.78, 5) is 0. The Morgan fingerprint density at radius 3 is 2.58 bits per heavy atom. The van der Waals surface area contributed by atoms with Crippen molar-refractivity contribution in [3.63, 3.8) is 0 Å². The Morgan fingerprint density at radius 2 is 1.88 bits per heavy atom. The minimum atomic E-state index is 0.543. The lowest BCUT2D eigenvalue weighted by Gasteiger charge is -2.13. The maximum atomic E-state index is 5.99. The Bertz CT molecular complexity index is 867. The second-order valence-corrected chi connectivity index (χ2v) is 6.01. The van der Waals surface area contributed by atoms with E-state index in [-0.39, 0.29) is 0 Å². The van der Waals surface area contributed by atoms with Crippen LogP contribution < -0.4 is 10.2 Å². The zero-order valence-electron chi connectivity index (χ0n) is 13.7. The maximum Gasteiger partial charge on any atom is 0.214 e. The summed E-state index contributed by atoms with van der Waals surface area (Å²) in [7, 11) is 0. The molecule has 3 rings (SSSR count). The first-order chi connectivity index (χ1) is 11.6. The lowest BCUT2D eigenvalue weighted by molar-refractivity contribution is 0.303. The molecule has 0 aliphatic heterocycles. The second kappa shape index (κ2) is 7.31. The topological polar surface area (TPSA) is 54.9 Å². The van der Waals surface area contributed by atoms with Crippen LogP contribution in [0.5, 0.6) is 5.75 Å². The van der Waals surface area contributed by atoms with Crippen molar-refractivity contribution in [3.8, 4) is 5.75 Å². The van der Waals surface area contributed by atoms with E-state index in [0.717, 1.165) is 22.7 Å². The van der Waals surface area contributed by atoms with Crippen molar-refractivity contribution in [2.24, 2.45) is 0 Å². The molecule has 0 atom stereocenters. The van der Waals surface area contributed by atoms with Gasteiger partial charge in [0.1, 0.15) is 18.2 Å². The van der Waals surface area contributed by atoms with Crippen molar-refractivity contribution in [1.82, 2.24) is 14.9 Å². The average molecular weight is 340 g/mol. The monoisotopic (exact) mass is 340 g/mol. The van der Waals surface area contributed by atoms with Gasteiger partial charge >= 0.3 is 0 Å². The third-order valence-electron chi connectivity index (χ3n) is 3.76. The van der Waals surface area contributed by atoms with Crippen molar-refractivity contribution < 1.29 is 4.74 Å². The van der Waals surface area contributed by atoms with E-state index in [9.17, 15) is 0 Å². The van der Waals surface area contributed by atoms with Crippen LogP contribution in [0.25, 0.3) is 0 Å². The molecule has 6 heteroatoms. The molecule has 0 aliphatic carbocycles. The first kappa shape index (κ1) is 16.3. The van der Waals surface area contributed by atoms with Crippen molar-refractivity contribution in [3.05, 3.63) is 75.8 Å². The Balaban J connectivity index is 1.68. The number of H-pyrrole nitrogens is 1. The molecule has 5 nitrogen and oxygen atoms in total. The van der Waals surface area contributed by atoms with Gasteiger partial charge in [-0.1, -0.05) is 48.0 Å². The molecule has 0 unspecified atom stereocenters. The molecule has 0 fully saturated rings. The van der Waals surface area contributed by atoms with Gasteiger partial charge in [-0.05, 0) is 37.7 Å². The maximum absolute atomic E-state index is 5.99. The smallest absolute Gasteiger partial charge is 0.214 e. The zero-order chi connectivity index (χ0) is 16.9. The van der Waals surface area contributed by atoms with Crippen molar-refractivity contribution in [2.45, 2.75) is 27.0 Å². The van der Waals surface area contributed by atoms with Crippen LogP contribution in [-0.4, -0.2) is 14.9 Å². The quantitative estimate of drug-likeness (QED) is 0.669. The van der Waals surface area contributed by atoms with Gasteiger partial charge in [0.15, 0.2) is 0 Å². The van der Waals surface area contributed by atoms with E-state index < -0.39 is 0 Å². The number of nitrogens with one attached hydrogen (secondary N) is 2. The molecular weight excluding hydrogens is 320 g/mol. The molecular formula is C18H20N4OS.